The molecule has 4 rings (SSSR count). The second kappa shape index (κ2) is 9.25. The highest BCUT2D eigenvalue weighted by Gasteiger charge is 2.29. The van der Waals surface area contributed by atoms with Crippen molar-refractivity contribution in [2.24, 2.45) is 0 Å². The van der Waals surface area contributed by atoms with Gasteiger partial charge in [0.05, 0.1) is 19.6 Å². The Balaban J connectivity index is 1.52. The SMILES string of the molecule is COc1ccc(CCC2CCCCN2C(=O)c2cc(=O)c3ccccc3o2)cc1OC. The van der Waals surface area contributed by atoms with E-state index in [-0.39, 0.29) is 23.1 Å². The summed E-state index contributed by atoms with van der Waals surface area (Å²) in [6.45, 7) is 0.673. The molecular weight excluding hydrogens is 394 g/mol. The summed E-state index contributed by atoms with van der Waals surface area (Å²) < 4.78 is 16.5. The zero-order valence-electron chi connectivity index (χ0n) is 17.9. The Morgan fingerprint density at radius 2 is 1.87 bits per heavy atom. The number of hydrogen-bond acceptors (Lipinski definition) is 5. The zero-order chi connectivity index (χ0) is 21.8. The maximum Gasteiger partial charge on any atom is 0.289 e. The Labute approximate surface area is 181 Å². The number of nitrogens with zero attached hydrogens (tertiary/aromatic N) is 1. The molecule has 0 aliphatic carbocycles. The van der Waals surface area contributed by atoms with E-state index in [0.717, 1.165) is 37.7 Å². The Bertz CT molecular complexity index is 1140. The van der Waals surface area contributed by atoms with Crippen LogP contribution in [0.1, 0.15) is 41.8 Å². The number of methoxy groups -OCH3 is 2. The number of fused-ring (bicyclic) bond motifs is 1. The third-order valence-electron chi connectivity index (χ3n) is 5.95. The van der Waals surface area contributed by atoms with Gasteiger partial charge in [-0.15, -0.1) is 0 Å². The number of benzene rings is 2. The molecule has 0 radical (unpaired) electrons. The molecule has 1 saturated heterocycles. The van der Waals surface area contributed by atoms with Crippen LogP contribution < -0.4 is 14.9 Å². The van der Waals surface area contributed by atoms with Gasteiger partial charge in [0.25, 0.3) is 5.91 Å². The predicted molar refractivity (Wildman–Crippen MR) is 119 cm³/mol. The standard InChI is InChI=1S/C25H27NO5/c1-29-22-13-11-17(15-23(22)30-2)10-12-18-7-5-6-14-26(18)25(28)24-16-20(27)19-8-3-4-9-21(19)31-24/h3-4,8-9,11,13,15-16,18H,5-7,10,12,14H2,1-2H3. The number of aryl methyl sites for hydroxylation is 1. The molecule has 1 aliphatic heterocycles. The van der Waals surface area contributed by atoms with Gasteiger partial charge >= 0.3 is 0 Å². The number of hydrogen-bond donors (Lipinski definition) is 0. The van der Waals surface area contributed by atoms with Gasteiger partial charge in [0, 0.05) is 18.7 Å². The predicted octanol–water partition coefficient (Wildman–Crippen LogP) is 4.44. The molecular formula is C25H27NO5. The summed E-state index contributed by atoms with van der Waals surface area (Å²) in [7, 11) is 3.24. The van der Waals surface area contributed by atoms with Crippen molar-refractivity contribution in [3.63, 3.8) is 0 Å². The van der Waals surface area contributed by atoms with Crippen LogP contribution in [-0.2, 0) is 6.42 Å². The summed E-state index contributed by atoms with van der Waals surface area (Å²) in [6.07, 6.45) is 4.63. The third kappa shape index (κ3) is 4.43. The Hall–Kier alpha value is -3.28. The van der Waals surface area contributed by atoms with Crippen molar-refractivity contribution < 1.29 is 18.7 Å². The van der Waals surface area contributed by atoms with Gasteiger partial charge in [-0.25, -0.2) is 0 Å². The monoisotopic (exact) mass is 421 g/mol. The molecule has 1 aliphatic rings. The molecule has 0 saturated carbocycles. The summed E-state index contributed by atoms with van der Waals surface area (Å²) in [5.74, 6) is 1.31. The van der Waals surface area contributed by atoms with E-state index in [0.29, 0.717) is 29.0 Å². The topological polar surface area (TPSA) is 69.0 Å². The molecule has 0 N–H and O–H groups in total. The van der Waals surface area contributed by atoms with E-state index in [1.165, 1.54) is 6.07 Å². The summed E-state index contributed by atoms with van der Waals surface area (Å²) in [4.78, 5) is 27.6. The molecule has 6 heteroatoms. The van der Waals surface area contributed by atoms with Crippen molar-refractivity contribution in [2.75, 3.05) is 20.8 Å². The van der Waals surface area contributed by atoms with Crippen molar-refractivity contribution in [3.05, 3.63) is 70.1 Å². The lowest BCUT2D eigenvalue weighted by molar-refractivity contribution is 0.0570. The lowest BCUT2D eigenvalue weighted by Crippen LogP contribution is -2.44. The first-order valence-corrected chi connectivity index (χ1v) is 10.7. The molecule has 2 aromatic carbocycles. The minimum atomic E-state index is -0.208. The normalized spacial score (nSPS) is 16.3. The van der Waals surface area contributed by atoms with Crippen LogP contribution in [0.5, 0.6) is 11.5 Å². The number of rotatable bonds is 6. The van der Waals surface area contributed by atoms with Crippen LogP contribution in [0.25, 0.3) is 11.0 Å². The fraction of sp³-hybridized carbons (Fsp3) is 0.360. The molecule has 3 aromatic rings. The van der Waals surface area contributed by atoms with Gasteiger partial charge in [0.1, 0.15) is 5.58 Å². The minimum Gasteiger partial charge on any atom is -0.493 e. The number of carbonyl (C=O) groups is 1. The Morgan fingerprint density at radius 3 is 2.68 bits per heavy atom. The molecule has 162 valence electrons. The van der Waals surface area contributed by atoms with Crippen LogP contribution in [0, 0.1) is 0 Å². The van der Waals surface area contributed by atoms with E-state index in [9.17, 15) is 9.59 Å². The van der Waals surface area contributed by atoms with Gasteiger partial charge in [-0.05, 0) is 61.9 Å². The summed E-state index contributed by atoms with van der Waals surface area (Å²) in [5, 5.41) is 0.489. The number of likely N-dealkylation sites (tertiary alicyclic amines) is 1. The van der Waals surface area contributed by atoms with E-state index in [2.05, 4.69) is 0 Å². The molecule has 1 unspecified atom stereocenters. The van der Waals surface area contributed by atoms with Crippen LogP contribution in [-0.4, -0.2) is 37.6 Å². The largest absolute Gasteiger partial charge is 0.493 e. The number of piperidine rings is 1. The molecule has 0 spiro atoms. The van der Waals surface area contributed by atoms with Gasteiger partial charge in [-0.2, -0.15) is 0 Å². The van der Waals surface area contributed by atoms with E-state index in [4.69, 9.17) is 13.9 Å². The quantitative estimate of drug-likeness (QED) is 0.589. The second-order valence-corrected chi connectivity index (χ2v) is 7.85. The third-order valence-corrected chi connectivity index (χ3v) is 5.95. The van der Waals surface area contributed by atoms with Gasteiger partial charge in [0.2, 0.25) is 0 Å². The molecule has 2 heterocycles. The molecule has 31 heavy (non-hydrogen) atoms. The summed E-state index contributed by atoms with van der Waals surface area (Å²) in [6, 6.07) is 14.4. The highest BCUT2D eigenvalue weighted by molar-refractivity contribution is 5.93. The molecule has 1 fully saturated rings. The number of amides is 1. The summed E-state index contributed by atoms with van der Waals surface area (Å²) in [5.41, 5.74) is 1.38. The van der Waals surface area contributed by atoms with Gasteiger partial charge in [-0.3, -0.25) is 9.59 Å². The smallest absolute Gasteiger partial charge is 0.289 e. The van der Waals surface area contributed by atoms with Crippen molar-refractivity contribution >= 4 is 16.9 Å². The van der Waals surface area contributed by atoms with Gasteiger partial charge in [-0.1, -0.05) is 18.2 Å². The Morgan fingerprint density at radius 1 is 1.06 bits per heavy atom. The van der Waals surface area contributed by atoms with E-state index >= 15 is 0 Å². The minimum absolute atomic E-state index is 0.103. The molecule has 1 aromatic heterocycles. The highest BCUT2D eigenvalue weighted by Crippen LogP contribution is 2.29. The first-order chi connectivity index (χ1) is 15.1. The van der Waals surface area contributed by atoms with Crippen molar-refractivity contribution in [3.8, 4) is 11.5 Å². The van der Waals surface area contributed by atoms with E-state index in [1.54, 1.807) is 38.5 Å². The average Bonchev–Trinajstić information content (AvgIpc) is 2.82. The van der Waals surface area contributed by atoms with Gasteiger partial charge < -0.3 is 18.8 Å². The summed E-state index contributed by atoms with van der Waals surface area (Å²) >= 11 is 0. The lowest BCUT2D eigenvalue weighted by Gasteiger charge is -2.35. The molecule has 1 amide bonds. The van der Waals surface area contributed by atoms with Crippen LogP contribution in [0.4, 0.5) is 0 Å². The second-order valence-electron chi connectivity index (χ2n) is 7.85. The maximum absolute atomic E-state index is 13.3. The van der Waals surface area contributed by atoms with Crippen LogP contribution in [0.2, 0.25) is 0 Å². The first kappa shape index (κ1) is 21.0. The fourth-order valence-corrected chi connectivity index (χ4v) is 4.29. The van der Waals surface area contributed by atoms with Crippen molar-refractivity contribution in [1.29, 1.82) is 0 Å². The Kier molecular flexibility index (Phi) is 6.26. The molecule has 0 bridgehead atoms. The first-order valence-electron chi connectivity index (χ1n) is 10.7. The van der Waals surface area contributed by atoms with E-state index < -0.39 is 0 Å². The number of carbonyl (C=O) groups excluding carboxylic acids is 1. The van der Waals surface area contributed by atoms with Crippen molar-refractivity contribution in [2.45, 2.75) is 38.1 Å². The number of ether oxygens (including phenoxy) is 2. The number of para-hydroxylation sites is 1. The van der Waals surface area contributed by atoms with Gasteiger partial charge in [0.15, 0.2) is 22.7 Å². The molecule has 1 atom stereocenters. The van der Waals surface area contributed by atoms with Crippen LogP contribution in [0.3, 0.4) is 0 Å². The molecule has 6 nitrogen and oxygen atoms in total. The lowest BCUT2D eigenvalue weighted by atomic mass is 9.95. The van der Waals surface area contributed by atoms with E-state index in [1.807, 2.05) is 23.1 Å². The van der Waals surface area contributed by atoms with Crippen LogP contribution >= 0.6 is 0 Å². The van der Waals surface area contributed by atoms with Crippen LogP contribution in [0.15, 0.2) is 57.7 Å². The maximum atomic E-state index is 13.3. The fourth-order valence-electron chi connectivity index (χ4n) is 4.29. The average molecular weight is 421 g/mol. The zero-order valence-corrected chi connectivity index (χ0v) is 17.9. The van der Waals surface area contributed by atoms with Crippen molar-refractivity contribution in [1.82, 2.24) is 4.90 Å². The highest BCUT2D eigenvalue weighted by atomic mass is 16.5.